The largest absolute Gasteiger partial charge is 0.466 e. The summed E-state index contributed by atoms with van der Waals surface area (Å²) in [5, 5.41) is 0. The van der Waals surface area contributed by atoms with Crippen LogP contribution in [0.2, 0.25) is 0 Å². The van der Waals surface area contributed by atoms with Gasteiger partial charge in [0, 0.05) is 12.0 Å². The average Bonchev–Trinajstić information content (AvgIpc) is 2.85. The summed E-state index contributed by atoms with van der Waals surface area (Å²) in [4.78, 5) is 49.3. The van der Waals surface area contributed by atoms with Crippen LogP contribution < -0.4 is 0 Å². The summed E-state index contributed by atoms with van der Waals surface area (Å²) in [6, 6.07) is 16.5. The lowest BCUT2D eigenvalue weighted by Gasteiger charge is -2.27. The first-order valence-electron chi connectivity index (χ1n) is 10.1. The molecular weight excluding hydrogens is 428 g/mol. The Morgan fingerprint density at radius 1 is 0.939 bits per heavy atom. The van der Waals surface area contributed by atoms with Crippen molar-refractivity contribution in [2.75, 3.05) is 13.7 Å². The van der Waals surface area contributed by atoms with Gasteiger partial charge in [0.15, 0.2) is 5.76 Å². The molecule has 8 heteroatoms. The molecule has 2 atom stereocenters. The van der Waals surface area contributed by atoms with E-state index in [4.69, 9.17) is 14.2 Å². The fourth-order valence-electron chi connectivity index (χ4n) is 3.03. The van der Waals surface area contributed by atoms with E-state index in [0.717, 1.165) is 0 Å². The number of carbonyl (C=O) groups excluding carboxylic acids is 4. The lowest BCUT2D eigenvalue weighted by atomic mass is 10.0. The van der Waals surface area contributed by atoms with Crippen molar-refractivity contribution in [3.8, 4) is 0 Å². The van der Waals surface area contributed by atoms with E-state index in [2.05, 4.69) is 11.3 Å². The lowest BCUT2D eigenvalue weighted by molar-refractivity contribution is -0.139. The van der Waals surface area contributed by atoms with Gasteiger partial charge in [-0.05, 0) is 30.3 Å². The van der Waals surface area contributed by atoms with E-state index in [1.807, 2.05) is 0 Å². The highest BCUT2D eigenvalue weighted by atomic mass is 16.6. The topological polar surface area (TPSA) is 105 Å². The molecule has 0 unspecified atom stereocenters. The van der Waals surface area contributed by atoms with Gasteiger partial charge in [-0.3, -0.25) is 4.79 Å². The van der Waals surface area contributed by atoms with Crippen LogP contribution in [0.15, 0.2) is 84.7 Å². The van der Waals surface area contributed by atoms with Crippen molar-refractivity contribution in [1.29, 1.82) is 0 Å². The second-order valence-electron chi connectivity index (χ2n) is 7.08. The van der Waals surface area contributed by atoms with Crippen molar-refractivity contribution in [2.24, 2.45) is 0 Å². The van der Waals surface area contributed by atoms with E-state index in [1.165, 1.54) is 13.2 Å². The van der Waals surface area contributed by atoms with Crippen LogP contribution >= 0.6 is 0 Å². The van der Waals surface area contributed by atoms with Gasteiger partial charge < -0.3 is 18.9 Å². The summed E-state index contributed by atoms with van der Waals surface area (Å²) in [5.74, 6) is -2.92. The highest BCUT2D eigenvalue weighted by molar-refractivity contribution is 6.02. The SMILES string of the molecule is C=C(C[C@H]1O[C@H](COC(=O)c2ccccc2)C=C(OC(=O)c2ccccc2)C1=O)C(=O)OC. The quantitative estimate of drug-likeness (QED) is 0.343. The normalized spacial score (nSPS) is 17.5. The van der Waals surface area contributed by atoms with Gasteiger partial charge in [-0.2, -0.15) is 0 Å². The number of benzene rings is 2. The third-order valence-electron chi connectivity index (χ3n) is 4.72. The summed E-state index contributed by atoms with van der Waals surface area (Å²) < 4.78 is 20.9. The maximum Gasteiger partial charge on any atom is 0.343 e. The van der Waals surface area contributed by atoms with Gasteiger partial charge in [-0.15, -0.1) is 0 Å². The van der Waals surface area contributed by atoms with E-state index in [1.54, 1.807) is 60.7 Å². The van der Waals surface area contributed by atoms with Gasteiger partial charge in [-0.1, -0.05) is 43.0 Å². The van der Waals surface area contributed by atoms with Crippen molar-refractivity contribution >= 4 is 23.7 Å². The Morgan fingerprint density at radius 2 is 1.52 bits per heavy atom. The monoisotopic (exact) mass is 450 g/mol. The van der Waals surface area contributed by atoms with Crippen molar-refractivity contribution in [3.63, 3.8) is 0 Å². The molecule has 2 aromatic rings. The van der Waals surface area contributed by atoms with Gasteiger partial charge >= 0.3 is 17.9 Å². The molecule has 0 saturated carbocycles. The van der Waals surface area contributed by atoms with Crippen molar-refractivity contribution < 1.29 is 38.1 Å². The fourth-order valence-corrected chi connectivity index (χ4v) is 3.03. The predicted octanol–water partition coefficient (Wildman–Crippen LogP) is 3.04. The van der Waals surface area contributed by atoms with Crippen LogP contribution in [0, 0.1) is 0 Å². The summed E-state index contributed by atoms with van der Waals surface area (Å²) in [5.41, 5.74) is 0.603. The van der Waals surface area contributed by atoms with Crippen LogP contribution in [-0.4, -0.2) is 49.6 Å². The van der Waals surface area contributed by atoms with E-state index in [0.29, 0.717) is 5.56 Å². The Labute approximate surface area is 190 Å². The summed E-state index contributed by atoms with van der Waals surface area (Å²) in [6.07, 6.45) is -0.988. The second kappa shape index (κ2) is 11.0. The van der Waals surface area contributed by atoms with Crippen LogP contribution in [-0.2, 0) is 28.5 Å². The van der Waals surface area contributed by atoms with E-state index in [-0.39, 0.29) is 29.9 Å². The van der Waals surface area contributed by atoms with Gasteiger partial charge in [0.1, 0.15) is 18.8 Å². The maximum atomic E-state index is 12.9. The fraction of sp³-hybridized carbons (Fsp3) is 0.200. The first-order chi connectivity index (χ1) is 15.9. The van der Waals surface area contributed by atoms with Gasteiger partial charge in [0.2, 0.25) is 5.78 Å². The molecular formula is C25H22O8. The summed E-state index contributed by atoms with van der Waals surface area (Å²) in [7, 11) is 1.19. The third kappa shape index (κ3) is 6.24. The van der Waals surface area contributed by atoms with E-state index < -0.39 is 35.9 Å². The van der Waals surface area contributed by atoms with Crippen molar-refractivity contribution in [3.05, 3.63) is 95.8 Å². The molecule has 3 rings (SSSR count). The minimum atomic E-state index is -1.18. The standard InChI is InChI=1S/C25H22O8/c1-16(23(27)30-2)13-20-22(26)21(33-25(29)18-11-7-4-8-12-18)14-19(32-20)15-31-24(28)17-9-5-3-6-10-17/h3-12,14,19-20H,1,13,15H2,2H3/t19-,20+/m0/s1. The Balaban J connectivity index is 1.76. The molecule has 0 aliphatic carbocycles. The number of hydrogen-bond acceptors (Lipinski definition) is 8. The molecule has 1 heterocycles. The number of Topliss-reactive ketones (excluding diaryl/α,β-unsaturated/α-hetero) is 1. The number of carbonyl (C=O) groups is 4. The summed E-state index contributed by atoms with van der Waals surface area (Å²) in [6.45, 7) is 3.37. The number of rotatable bonds is 8. The molecule has 0 amide bonds. The first-order valence-corrected chi connectivity index (χ1v) is 10.1. The minimum absolute atomic E-state index is 0.00603. The molecule has 0 bridgehead atoms. The number of ketones is 1. The Bertz CT molecular complexity index is 1070. The van der Waals surface area contributed by atoms with Gasteiger partial charge in [-0.25, -0.2) is 14.4 Å². The zero-order valence-corrected chi connectivity index (χ0v) is 17.9. The molecule has 8 nitrogen and oxygen atoms in total. The molecule has 0 saturated heterocycles. The zero-order chi connectivity index (χ0) is 23.8. The number of ether oxygens (including phenoxy) is 4. The van der Waals surface area contributed by atoms with Crippen molar-refractivity contribution in [2.45, 2.75) is 18.6 Å². The Morgan fingerprint density at radius 3 is 2.09 bits per heavy atom. The molecule has 0 N–H and O–H groups in total. The first kappa shape index (κ1) is 23.6. The van der Waals surface area contributed by atoms with Crippen LogP contribution in [0.1, 0.15) is 27.1 Å². The molecule has 0 aromatic heterocycles. The highest BCUT2D eigenvalue weighted by Gasteiger charge is 2.35. The predicted molar refractivity (Wildman–Crippen MR) is 116 cm³/mol. The molecule has 2 aromatic carbocycles. The molecule has 0 radical (unpaired) electrons. The number of hydrogen-bond donors (Lipinski definition) is 0. The zero-order valence-electron chi connectivity index (χ0n) is 17.9. The number of methoxy groups -OCH3 is 1. The van der Waals surface area contributed by atoms with Gasteiger partial charge in [0.05, 0.1) is 18.2 Å². The molecule has 1 aliphatic rings. The van der Waals surface area contributed by atoms with E-state index >= 15 is 0 Å². The number of esters is 3. The van der Waals surface area contributed by atoms with Crippen LogP contribution in [0.3, 0.4) is 0 Å². The molecule has 33 heavy (non-hydrogen) atoms. The molecule has 1 aliphatic heterocycles. The van der Waals surface area contributed by atoms with E-state index in [9.17, 15) is 19.2 Å². The molecule has 0 spiro atoms. The lowest BCUT2D eigenvalue weighted by Crippen LogP contribution is -2.39. The molecule has 0 fully saturated rings. The smallest absolute Gasteiger partial charge is 0.343 e. The highest BCUT2D eigenvalue weighted by Crippen LogP contribution is 2.23. The maximum absolute atomic E-state index is 12.9. The van der Waals surface area contributed by atoms with Crippen LogP contribution in [0.4, 0.5) is 0 Å². The van der Waals surface area contributed by atoms with Crippen molar-refractivity contribution in [1.82, 2.24) is 0 Å². The Hall–Kier alpha value is -4.04. The molecule has 170 valence electrons. The summed E-state index contributed by atoms with van der Waals surface area (Å²) >= 11 is 0. The third-order valence-corrected chi connectivity index (χ3v) is 4.72. The minimum Gasteiger partial charge on any atom is -0.466 e. The van der Waals surface area contributed by atoms with Gasteiger partial charge in [0.25, 0.3) is 0 Å². The average molecular weight is 450 g/mol. The Kier molecular flexibility index (Phi) is 7.88. The second-order valence-corrected chi connectivity index (χ2v) is 7.08. The van der Waals surface area contributed by atoms with Crippen LogP contribution in [0.5, 0.6) is 0 Å². The van der Waals surface area contributed by atoms with Crippen LogP contribution in [0.25, 0.3) is 0 Å².